The van der Waals surface area contributed by atoms with Crippen molar-refractivity contribution in [1.82, 2.24) is 10.3 Å². The summed E-state index contributed by atoms with van der Waals surface area (Å²) >= 11 is 0. The normalized spacial score (nSPS) is 12.1. The number of hydrogen-bond acceptors (Lipinski definition) is 3. The van der Waals surface area contributed by atoms with E-state index in [-0.39, 0.29) is 11.8 Å². The van der Waals surface area contributed by atoms with Gasteiger partial charge < -0.3 is 15.2 Å². The number of rotatable bonds is 8. The minimum Gasteiger partial charge on any atom is -0.378 e. The van der Waals surface area contributed by atoms with Crippen LogP contribution in [0.15, 0.2) is 85.1 Å². The molecule has 30 heavy (non-hydrogen) atoms. The number of ketones is 1. The van der Waals surface area contributed by atoms with Crippen LogP contribution in [0.5, 0.6) is 0 Å². The summed E-state index contributed by atoms with van der Waals surface area (Å²) in [6.07, 6.45) is 2.68. The molecule has 0 saturated heterocycles. The second-order valence-electron chi connectivity index (χ2n) is 7.72. The van der Waals surface area contributed by atoms with E-state index in [0.29, 0.717) is 0 Å². The van der Waals surface area contributed by atoms with Gasteiger partial charge in [0, 0.05) is 49.0 Å². The Hall–Kier alpha value is -3.37. The first-order chi connectivity index (χ1) is 14.6. The van der Waals surface area contributed by atoms with Crippen molar-refractivity contribution in [2.24, 2.45) is 0 Å². The second kappa shape index (κ2) is 8.97. The average Bonchev–Trinajstić information content (AvgIpc) is 3.21. The molecule has 0 spiro atoms. The lowest BCUT2D eigenvalue weighted by Gasteiger charge is -2.18. The van der Waals surface area contributed by atoms with Gasteiger partial charge in [-0.05, 0) is 35.7 Å². The van der Waals surface area contributed by atoms with E-state index in [1.165, 1.54) is 11.3 Å². The molecular formula is C26H27N3O. The standard InChI is InChI=1S/C26H27N3O/c1-29(2)21-14-12-19(13-15-21)16-17-27-25(20-8-4-3-5-9-20)26(30)23-18-28-24-11-7-6-10-22(23)24/h3-15,18,25,27-28H,16-17H2,1-2H3/t25-/m1/s1. The fourth-order valence-corrected chi connectivity index (χ4v) is 3.76. The van der Waals surface area contributed by atoms with Gasteiger partial charge in [-0.2, -0.15) is 0 Å². The van der Waals surface area contributed by atoms with Crippen LogP contribution in [-0.2, 0) is 6.42 Å². The van der Waals surface area contributed by atoms with Gasteiger partial charge >= 0.3 is 0 Å². The Bertz CT molecular complexity index is 1110. The Balaban J connectivity index is 1.52. The summed E-state index contributed by atoms with van der Waals surface area (Å²) in [5.74, 6) is 0.0848. The first-order valence-electron chi connectivity index (χ1n) is 10.3. The lowest BCUT2D eigenvalue weighted by Crippen LogP contribution is -2.30. The lowest BCUT2D eigenvalue weighted by atomic mass is 9.96. The van der Waals surface area contributed by atoms with Gasteiger partial charge in [-0.15, -0.1) is 0 Å². The molecule has 1 aromatic heterocycles. The number of nitrogens with zero attached hydrogens (tertiary/aromatic N) is 1. The summed E-state index contributed by atoms with van der Waals surface area (Å²) in [6, 6.07) is 26.0. The first-order valence-corrected chi connectivity index (χ1v) is 10.3. The fraction of sp³-hybridized carbons (Fsp3) is 0.192. The third-order valence-electron chi connectivity index (χ3n) is 5.46. The van der Waals surface area contributed by atoms with Crippen LogP contribution in [-0.4, -0.2) is 31.4 Å². The third-order valence-corrected chi connectivity index (χ3v) is 5.46. The number of aromatic nitrogens is 1. The highest BCUT2D eigenvalue weighted by atomic mass is 16.1. The van der Waals surface area contributed by atoms with Crippen LogP contribution in [0.4, 0.5) is 5.69 Å². The van der Waals surface area contributed by atoms with Crippen molar-refractivity contribution in [1.29, 1.82) is 0 Å². The van der Waals surface area contributed by atoms with Crippen LogP contribution in [0.3, 0.4) is 0 Å². The number of hydrogen-bond donors (Lipinski definition) is 2. The molecule has 0 amide bonds. The molecule has 0 aliphatic rings. The Labute approximate surface area is 177 Å². The first kappa shape index (κ1) is 19.9. The van der Waals surface area contributed by atoms with Crippen molar-refractivity contribution in [3.63, 3.8) is 0 Å². The Morgan fingerprint density at radius 2 is 1.63 bits per heavy atom. The number of aromatic amines is 1. The molecule has 4 rings (SSSR count). The van der Waals surface area contributed by atoms with Gasteiger partial charge in [-0.3, -0.25) is 4.79 Å². The summed E-state index contributed by atoms with van der Waals surface area (Å²) < 4.78 is 0. The van der Waals surface area contributed by atoms with Crippen LogP contribution < -0.4 is 10.2 Å². The fourth-order valence-electron chi connectivity index (χ4n) is 3.76. The summed E-state index contributed by atoms with van der Waals surface area (Å²) in [7, 11) is 4.08. The van der Waals surface area contributed by atoms with Crippen LogP contribution >= 0.6 is 0 Å². The molecule has 4 heteroatoms. The molecule has 0 bridgehead atoms. The van der Waals surface area contributed by atoms with Gasteiger partial charge in [0.05, 0.1) is 6.04 Å². The number of carbonyl (C=O) groups is 1. The molecule has 1 heterocycles. The van der Waals surface area contributed by atoms with E-state index in [2.05, 4.69) is 39.5 Å². The van der Waals surface area contributed by atoms with Crippen molar-refractivity contribution < 1.29 is 4.79 Å². The molecule has 0 aliphatic heterocycles. The molecule has 2 N–H and O–H groups in total. The topological polar surface area (TPSA) is 48.1 Å². The summed E-state index contributed by atoms with van der Waals surface area (Å²) in [6.45, 7) is 0.717. The van der Waals surface area contributed by atoms with E-state index in [0.717, 1.165) is 35.0 Å². The maximum absolute atomic E-state index is 13.5. The number of benzene rings is 3. The van der Waals surface area contributed by atoms with E-state index >= 15 is 0 Å². The van der Waals surface area contributed by atoms with Crippen LogP contribution in [0.1, 0.15) is 27.5 Å². The number of fused-ring (bicyclic) bond motifs is 1. The molecule has 152 valence electrons. The molecule has 0 radical (unpaired) electrons. The van der Waals surface area contributed by atoms with Gasteiger partial charge in [0.15, 0.2) is 5.78 Å². The Kier molecular flexibility index (Phi) is 5.96. The van der Waals surface area contributed by atoms with Gasteiger partial charge in [-0.1, -0.05) is 60.7 Å². The second-order valence-corrected chi connectivity index (χ2v) is 7.72. The molecule has 1 atom stereocenters. The Morgan fingerprint density at radius 1 is 0.933 bits per heavy atom. The summed E-state index contributed by atoms with van der Waals surface area (Å²) in [5.41, 5.74) is 5.12. The predicted molar refractivity (Wildman–Crippen MR) is 124 cm³/mol. The highest BCUT2D eigenvalue weighted by Crippen LogP contribution is 2.25. The van der Waals surface area contributed by atoms with Gasteiger partial charge in [-0.25, -0.2) is 0 Å². The number of para-hydroxylation sites is 1. The summed E-state index contributed by atoms with van der Waals surface area (Å²) in [4.78, 5) is 18.8. The average molecular weight is 398 g/mol. The summed E-state index contributed by atoms with van der Waals surface area (Å²) in [5, 5.41) is 4.46. The molecule has 0 fully saturated rings. The molecule has 0 aliphatic carbocycles. The number of H-pyrrole nitrogens is 1. The van der Waals surface area contributed by atoms with E-state index in [1.807, 2.05) is 74.9 Å². The SMILES string of the molecule is CN(C)c1ccc(CCN[C@@H](C(=O)c2c[nH]c3ccccc23)c2ccccc2)cc1. The Morgan fingerprint density at radius 3 is 2.37 bits per heavy atom. The van der Waals surface area contributed by atoms with E-state index in [4.69, 9.17) is 0 Å². The van der Waals surface area contributed by atoms with Crippen molar-refractivity contribution >= 4 is 22.4 Å². The molecule has 4 nitrogen and oxygen atoms in total. The molecule has 0 unspecified atom stereocenters. The maximum atomic E-state index is 13.5. The van der Waals surface area contributed by atoms with Crippen LogP contribution in [0.2, 0.25) is 0 Å². The van der Waals surface area contributed by atoms with Gasteiger partial charge in [0.1, 0.15) is 0 Å². The minimum absolute atomic E-state index is 0.0848. The van der Waals surface area contributed by atoms with Gasteiger partial charge in [0.2, 0.25) is 0 Å². The zero-order chi connectivity index (χ0) is 20.9. The quantitative estimate of drug-likeness (QED) is 0.412. The van der Waals surface area contributed by atoms with E-state index in [9.17, 15) is 4.79 Å². The van der Waals surface area contributed by atoms with Crippen LogP contribution in [0, 0.1) is 0 Å². The highest BCUT2D eigenvalue weighted by Gasteiger charge is 2.23. The van der Waals surface area contributed by atoms with Gasteiger partial charge in [0.25, 0.3) is 0 Å². The van der Waals surface area contributed by atoms with Crippen molar-refractivity contribution in [2.75, 3.05) is 25.5 Å². The number of nitrogens with one attached hydrogen (secondary N) is 2. The third kappa shape index (κ3) is 4.29. The molecular weight excluding hydrogens is 370 g/mol. The lowest BCUT2D eigenvalue weighted by molar-refractivity contribution is 0.0945. The smallest absolute Gasteiger partial charge is 0.186 e. The monoisotopic (exact) mass is 397 g/mol. The molecule has 3 aromatic carbocycles. The molecule has 0 saturated carbocycles. The largest absolute Gasteiger partial charge is 0.378 e. The maximum Gasteiger partial charge on any atom is 0.186 e. The zero-order valence-electron chi connectivity index (χ0n) is 17.4. The number of anilines is 1. The van der Waals surface area contributed by atoms with Crippen molar-refractivity contribution in [3.8, 4) is 0 Å². The minimum atomic E-state index is -0.383. The van der Waals surface area contributed by atoms with Crippen molar-refractivity contribution in [3.05, 3.63) is 102 Å². The van der Waals surface area contributed by atoms with E-state index < -0.39 is 0 Å². The number of carbonyl (C=O) groups excluding carboxylic acids is 1. The molecule has 4 aromatic rings. The van der Waals surface area contributed by atoms with E-state index in [1.54, 1.807) is 0 Å². The number of Topliss-reactive ketones (excluding diaryl/α,β-unsaturated/α-hetero) is 1. The van der Waals surface area contributed by atoms with Crippen LogP contribution in [0.25, 0.3) is 10.9 Å². The van der Waals surface area contributed by atoms with Crippen molar-refractivity contribution in [2.45, 2.75) is 12.5 Å². The highest BCUT2D eigenvalue weighted by molar-refractivity contribution is 6.10. The zero-order valence-corrected chi connectivity index (χ0v) is 17.4. The predicted octanol–water partition coefficient (Wildman–Crippen LogP) is 4.99.